The van der Waals surface area contributed by atoms with Crippen LogP contribution in [0, 0.1) is 18.8 Å². The molecule has 9 nitrogen and oxygen atoms in total. The maximum absolute atomic E-state index is 12.8. The van der Waals surface area contributed by atoms with Crippen LogP contribution < -0.4 is 10.6 Å². The smallest absolute Gasteiger partial charge is 0.338 e. The monoisotopic (exact) mass is 475 g/mol. The molecule has 1 aliphatic heterocycles. The first-order valence-electron chi connectivity index (χ1n) is 11.2. The van der Waals surface area contributed by atoms with Gasteiger partial charge in [-0.05, 0) is 43.4 Å². The molecule has 2 aromatic rings. The molecule has 0 unspecified atom stereocenters. The van der Waals surface area contributed by atoms with Gasteiger partial charge in [-0.1, -0.05) is 43.0 Å². The van der Waals surface area contributed by atoms with Crippen LogP contribution in [0.4, 0.5) is 10.5 Å². The zero-order chi connectivity index (χ0) is 22.7. The second-order valence-electron chi connectivity index (χ2n) is 8.67. The SMILES string of the molecule is Cc1nc(-c2cccc(N3C(=O)CC(=O)N(CCC4CC4)C3=O)c2)no1.Cl.NCCC1CC1. The number of aromatic nitrogens is 2. The third-order valence-corrected chi connectivity index (χ3v) is 5.89. The topological polar surface area (TPSA) is 123 Å². The summed E-state index contributed by atoms with van der Waals surface area (Å²) in [5.74, 6) is 1.46. The number of barbiturate groups is 1. The number of urea groups is 1. The highest BCUT2D eigenvalue weighted by Gasteiger charge is 2.39. The van der Waals surface area contributed by atoms with Crippen LogP contribution in [0.15, 0.2) is 28.8 Å². The molecule has 0 atom stereocenters. The van der Waals surface area contributed by atoms with Crippen molar-refractivity contribution < 1.29 is 18.9 Å². The normalized spacial score (nSPS) is 18.1. The van der Waals surface area contributed by atoms with Crippen LogP contribution in [0.5, 0.6) is 0 Å². The molecule has 5 rings (SSSR count). The van der Waals surface area contributed by atoms with Crippen molar-refractivity contribution in [2.24, 2.45) is 17.6 Å². The van der Waals surface area contributed by atoms with Gasteiger partial charge in [0.2, 0.25) is 23.5 Å². The van der Waals surface area contributed by atoms with E-state index in [0.29, 0.717) is 35.4 Å². The minimum atomic E-state index is -0.589. The highest BCUT2D eigenvalue weighted by atomic mass is 35.5. The van der Waals surface area contributed by atoms with Crippen LogP contribution >= 0.6 is 12.4 Å². The van der Waals surface area contributed by atoms with Gasteiger partial charge < -0.3 is 10.3 Å². The molecule has 2 saturated carbocycles. The van der Waals surface area contributed by atoms with Crippen molar-refractivity contribution in [1.82, 2.24) is 15.0 Å². The maximum Gasteiger partial charge on any atom is 0.338 e. The Hall–Kier alpha value is -2.78. The number of halogens is 1. The number of carbonyl (C=O) groups is 3. The van der Waals surface area contributed by atoms with E-state index in [1.807, 2.05) is 0 Å². The number of benzene rings is 1. The number of aryl methyl sites for hydroxylation is 1. The van der Waals surface area contributed by atoms with Crippen LogP contribution in [0.25, 0.3) is 11.4 Å². The van der Waals surface area contributed by atoms with Crippen molar-refractivity contribution >= 4 is 35.9 Å². The van der Waals surface area contributed by atoms with Crippen molar-refractivity contribution in [3.8, 4) is 11.4 Å². The number of rotatable bonds is 7. The number of carbonyl (C=O) groups excluding carboxylic acids is 3. The number of nitrogens with two attached hydrogens (primary N) is 1. The second kappa shape index (κ2) is 10.9. The summed E-state index contributed by atoms with van der Waals surface area (Å²) in [6.45, 7) is 2.93. The summed E-state index contributed by atoms with van der Waals surface area (Å²) in [5, 5.41) is 3.85. The Morgan fingerprint density at radius 3 is 2.33 bits per heavy atom. The zero-order valence-corrected chi connectivity index (χ0v) is 19.6. The number of hydrogen-bond acceptors (Lipinski definition) is 7. The molecule has 3 fully saturated rings. The summed E-state index contributed by atoms with van der Waals surface area (Å²) < 4.78 is 4.98. The second-order valence-corrected chi connectivity index (χ2v) is 8.67. The van der Waals surface area contributed by atoms with E-state index in [4.69, 9.17) is 10.3 Å². The quantitative estimate of drug-likeness (QED) is 0.605. The minimum absolute atomic E-state index is 0. The van der Waals surface area contributed by atoms with E-state index in [-0.39, 0.29) is 18.8 Å². The van der Waals surface area contributed by atoms with E-state index >= 15 is 0 Å². The molecule has 1 aromatic carbocycles. The molecule has 10 heteroatoms. The predicted molar refractivity (Wildman–Crippen MR) is 125 cm³/mol. The standard InChI is InChI=1S/C18H18N4O4.C5H11N.ClH/c1-11-19-17(20-26-11)13-3-2-4-14(9-13)22-16(24)10-15(23)21(18(22)25)8-7-12-5-6-12;6-4-3-5-1-2-5;/h2-4,9,12H,5-8,10H2,1H3;5H,1-4,6H2;1H. The lowest BCUT2D eigenvalue weighted by Gasteiger charge is -2.32. The maximum atomic E-state index is 12.8. The van der Waals surface area contributed by atoms with Gasteiger partial charge in [0.1, 0.15) is 6.42 Å². The Morgan fingerprint density at radius 1 is 1.06 bits per heavy atom. The first-order valence-corrected chi connectivity index (χ1v) is 11.2. The number of hydrogen-bond donors (Lipinski definition) is 1. The molecular weight excluding hydrogens is 446 g/mol. The van der Waals surface area contributed by atoms with Gasteiger partial charge >= 0.3 is 6.03 Å². The van der Waals surface area contributed by atoms with Crippen molar-refractivity contribution in [3.05, 3.63) is 30.2 Å². The fourth-order valence-corrected chi connectivity index (χ4v) is 3.67. The molecule has 3 aliphatic rings. The van der Waals surface area contributed by atoms with E-state index in [0.717, 1.165) is 36.6 Å². The molecule has 0 bridgehead atoms. The van der Waals surface area contributed by atoms with Crippen molar-refractivity contribution in [2.45, 2.75) is 51.9 Å². The van der Waals surface area contributed by atoms with Crippen LogP contribution in [-0.4, -0.2) is 46.0 Å². The Kier molecular flexibility index (Phi) is 8.20. The third kappa shape index (κ3) is 6.39. The average Bonchev–Trinajstić information content (AvgIpc) is 3.69. The molecule has 4 amide bonds. The van der Waals surface area contributed by atoms with Crippen LogP contribution in [0.3, 0.4) is 0 Å². The van der Waals surface area contributed by atoms with Crippen LogP contribution in [0.1, 0.15) is 50.8 Å². The van der Waals surface area contributed by atoms with Crippen LogP contribution in [-0.2, 0) is 9.59 Å². The molecular formula is C23H30ClN5O4. The van der Waals surface area contributed by atoms with Crippen molar-refractivity contribution in [3.63, 3.8) is 0 Å². The lowest BCUT2D eigenvalue weighted by atomic mass is 10.1. The largest absolute Gasteiger partial charge is 0.339 e. The molecule has 0 radical (unpaired) electrons. The van der Waals surface area contributed by atoms with Gasteiger partial charge in [-0.2, -0.15) is 4.98 Å². The number of anilines is 1. The summed E-state index contributed by atoms with van der Waals surface area (Å²) >= 11 is 0. The molecule has 2 N–H and O–H groups in total. The molecule has 2 heterocycles. The summed E-state index contributed by atoms with van der Waals surface area (Å²) in [4.78, 5) is 43.7. The fraction of sp³-hybridized carbons (Fsp3) is 0.522. The highest BCUT2D eigenvalue weighted by Crippen LogP contribution is 2.33. The van der Waals surface area contributed by atoms with Gasteiger partial charge in [0.05, 0.1) is 5.69 Å². The molecule has 2 aliphatic carbocycles. The van der Waals surface area contributed by atoms with Gasteiger partial charge in [0.15, 0.2) is 0 Å². The Labute approximate surface area is 199 Å². The lowest BCUT2D eigenvalue weighted by molar-refractivity contribution is -0.134. The van der Waals surface area contributed by atoms with Crippen molar-refractivity contribution in [1.29, 1.82) is 0 Å². The van der Waals surface area contributed by atoms with Gasteiger partial charge in [-0.25, -0.2) is 9.69 Å². The average molecular weight is 476 g/mol. The van der Waals surface area contributed by atoms with E-state index in [9.17, 15) is 14.4 Å². The van der Waals surface area contributed by atoms with E-state index < -0.39 is 17.8 Å². The lowest BCUT2D eigenvalue weighted by Crippen LogP contribution is -2.55. The highest BCUT2D eigenvalue weighted by molar-refractivity contribution is 6.26. The number of nitrogens with zero attached hydrogens (tertiary/aromatic N) is 4. The summed E-state index contributed by atoms with van der Waals surface area (Å²) in [5.41, 5.74) is 6.29. The minimum Gasteiger partial charge on any atom is -0.339 e. The van der Waals surface area contributed by atoms with E-state index in [1.54, 1.807) is 31.2 Å². The van der Waals surface area contributed by atoms with Crippen LogP contribution in [0.2, 0.25) is 0 Å². The fourth-order valence-electron chi connectivity index (χ4n) is 3.67. The Balaban J connectivity index is 0.000000382. The molecule has 0 spiro atoms. The first-order chi connectivity index (χ1) is 15.5. The molecule has 178 valence electrons. The number of imide groups is 2. The first kappa shape index (κ1) is 24.9. The Bertz CT molecular complexity index is 1000. The summed E-state index contributed by atoms with van der Waals surface area (Å²) in [6.07, 6.45) is 6.92. The number of amides is 4. The van der Waals surface area contributed by atoms with Crippen molar-refractivity contribution in [2.75, 3.05) is 18.0 Å². The summed E-state index contributed by atoms with van der Waals surface area (Å²) in [6, 6.07) is 6.19. The third-order valence-electron chi connectivity index (χ3n) is 5.89. The van der Waals surface area contributed by atoms with Gasteiger partial charge in [-0.15, -0.1) is 12.4 Å². The molecule has 1 saturated heterocycles. The van der Waals surface area contributed by atoms with Gasteiger partial charge in [0, 0.05) is 19.0 Å². The van der Waals surface area contributed by atoms with Gasteiger partial charge in [0.25, 0.3) is 0 Å². The van der Waals surface area contributed by atoms with E-state index in [1.165, 1.54) is 24.2 Å². The molecule has 33 heavy (non-hydrogen) atoms. The Morgan fingerprint density at radius 2 is 1.76 bits per heavy atom. The summed E-state index contributed by atoms with van der Waals surface area (Å²) in [7, 11) is 0. The predicted octanol–water partition coefficient (Wildman–Crippen LogP) is 3.70. The zero-order valence-electron chi connectivity index (χ0n) is 18.7. The molecule has 1 aromatic heterocycles. The van der Waals surface area contributed by atoms with Gasteiger partial charge in [-0.3, -0.25) is 14.5 Å². The van der Waals surface area contributed by atoms with E-state index in [2.05, 4.69) is 10.1 Å².